The molecule has 0 heterocycles. The summed E-state index contributed by atoms with van der Waals surface area (Å²) in [6.07, 6.45) is 15.0. The van der Waals surface area contributed by atoms with Gasteiger partial charge in [-0.25, -0.2) is 0 Å². The number of hydrogen-bond donors (Lipinski definition) is 1. The van der Waals surface area contributed by atoms with Gasteiger partial charge in [0.25, 0.3) is 0 Å². The van der Waals surface area contributed by atoms with E-state index in [4.69, 9.17) is 5.11 Å². The largest absolute Gasteiger partial charge is 0.481 e. The highest BCUT2D eigenvalue weighted by atomic mass is 16.4. The Balaban J connectivity index is 2.41. The molecule has 0 saturated heterocycles. The molecule has 24 heavy (non-hydrogen) atoms. The van der Waals surface area contributed by atoms with E-state index in [1.807, 2.05) is 12.3 Å². The lowest BCUT2D eigenvalue weighted by molar-refractivity contribution is -0.137. The van der Waals surface area contributed by atoms with Crippen molar-refractivity contribution < 1.29 is 9.90 Å². The van der Waals surface area contributed by atoms with Crippen LogP contribution in [-0.4, -0.2) is 23.8 Å². The minimum atomic E-state index is -0.713. The van der Waals surface area contributed by atoms with Crippen LogP contribution in [0.15, 0.2) is 39.9 Å². The van der Waals surface area contributed by atoms with Crippen molar-refractivity contribution in [3.8, 4) is 0 Å². The van der Waals surface area contributed by atoms with Gasteiger partial charge in [-0.1, -0.05) is 38.0 Å². The van der Waals surface area contributed by atoms with Gasteiger partial charge in [0, 0.05) is 19.2 Å². The third-order valence-corrected chi connectivity index (χ3v) is 4.68. The highest BCUT2D eigenvalue weighted by molar-refractivity contribution is 5.72. The first-order valence-corrected chi connectivity index (χ1v) is 9.10. The van der Waals surface area contributed by atoms with Crippen LogP contribution < -0.4 is 0 Å². The van der Waals surface area contributed by atoms with E-state index in [9.17, 15) is 4.79 Å². The predicted molar refractivity (Wildman–Crippen MR) is 103 cm³/mol. The maximum absolute atomic E-state index is 10.4. The molecule has 3 nitrogen and oxygen atoms in total. The number of hydrogen-bond acceptors (Lipinski definition) is 2. The van der Waals surface area contributed by atoms with Crippen LogP contribution in [0.5, 0.6) is 0 Å². The summed E-state index contributed by atoms with van der Waals surface area (Å²) < 4.78 is 0. The van der Waals surface area contributed by atoms with Gasteiger partial charge in [-0.05, 0) is 68.6 Å². The first kappa shape index (κ1) is 20.4. The number of nitrogens with zero attached hydrogens (tertiary/aromatic N) is 1. The van der Waals surface area contributed by atoms with E-state index in [1.165, 1.54) is 36.0 Å². The van der Waals surface area contributed by atoms with Gasteiger partial charge in [-0.3, -0.25) is 9.79 Å². The molecule has 0 saturated carbocycles. The molecule has 0 aliphatic heterocycles. The number of unbranched alkanes of at least 4 members (excludes halogenated alkanes) is 2. The minimum Gasteiger partial charge on any atom is -0.481 e. The van der Waals surface area contributed by atoms with E-state index >= 15 is 0 Å². The molecule has 134 valence electrons. The van der Waals surface area contributed by atoms with Gasteiger partial charge >= 0.3 is 5.97 Å². The minimum absolute atomic E-state index is 0.263. The van der Waals surface area contributed by atoms with Crippen LogP contribution in [0.2, 0.25) is 0 Å². The molecule has 0 radical (unpaired) electrons. The molecule has 0 amide bonds. The van der Waals surface area contributed by atoms with Crippen molar-refractivity contribution >= 4 is 12.2 Å². The smallest absolute Gasteiger partial charge is 0.303 e. The molecule has 0 aromatic carbocycles. The van der Waals surface area contributed by atoms with Gasteiger partial charge < -0.3 is 5.11 Å². The molecule has 1 rings (SSSR count). The zero-order chi connectivity index (χ0) is 18.0. The molecular weight excluding hydrogens is 298 g/mol. The lowest BCUT2D eigenvalue weighted by atomic mass is 9.72. The van der Waals surface area contributed by atoms with Gasteiger partial charge in [0.1, 0.15) is 0 Å². The van der Waals surface area contributed by atoms with Gasteiger partial charge in [-0.2, -0.15) is 0 Å². The van der Waals surface area contributed by atoms with E-state index in [0.29, 0.717) is 0 Å². The van der Waals surface area contributed by atoms with Crippen LogP contribution in [0.1, 0.15) is 72.6 Å². The summed E-state index contributed by atoms with van der Waals surface area (Å²) in [6.45, 7) is 9.79. The number of aliphatic imine (C=N–C) groups is 1. The number of carbonyl (C=O) groups is 1. The van der Waals surface area contributed by atoms with Crippen LogP contribution in [-0.2, 0) is 4.79 Å². The lowest BCUT2D eigenvalue weighted by Crippen LogP contribution is -2.19. The summed E-state index contributed by atoms with van der Waals surface area (Å²) in [4.78, 5) is 14.8. The van der Waals surface area contributed by atoms with Crippen molar-refractivity contribution in [2.75, 3.05) is 6.54 Å². The number of carboxylic acids is 1. The number of rotatable bonds is 9. The molecule has 1 aliphatic carbocycles. The van der Waals surface area contributed by atoms with Crippen LogP contribution in [0.25, 0.3) is 0 Å². The van der Waals surface area contributed by atoms with Crippen LogP contribution >= 0.6 is 0 Å². The van der Waals surface area contributed by atoms with E-state index in [2.05, 4.69) is 44.8 Å². The topological polar surface area (TPSA) is 49.7 Å². The van der Waals surface area contributed by atoms with Crippen molar-refractivity contribution in [3.63, 3.8) is 0 Å². The third kappa shape index (κ3) is 7.76. The summed E-state index contributed by atoms with van der Waals surface area (Å²) in [5, 5.41) is 8.56. The second-order valence-electron chi connectivity index (χ2n) is 7.44. The Morgan fingerprint density at radius 1 is 1.29 bits per heavy atom. The van der Waals surface area contributed by atoms with Crippen molar-refractivity contribution in [2.45, 2.75) is 72.6 Å². The molecular formula is C21H33NO2. The van der Waals surface area contributed by atoms with Gasteiger partial charge in [0.05, 0.1) is 0 Å². The molecule has 0 fully saturated rings. The fraction of sp³-hybridized carbons (Fsp3) is 0.619. The Labute approximate surface area is 147 Å². The molecule has 0 aromatic rings. The second-order valence-corrected chi connectivity index (χ2v) is 7.44. The summed E-state index contributed by atoms with van der Waals surface area (Å²) >= 11 is 0. The van der Waals surface area contributed by atoms with Gasteiger partial charge in [0.2, 0.25) is 0 Å². The Hall–Kier alpha value is -1.64. The molecule has 0 bridgehead atoms. The highest BCUT2D eigenvalue weighted by Gasteiger charge is 2.26. The number of allylic oxidation sites excluding steroid dienone is 6. The van der Waals surface area contributed by atoms with Crippen molar-refractivity contribution in [1.29, 1.82) is 0 Å². The standard InChI is InChI=1S/C21H33NO2/c1-17(13-16-22-15-7-5-6-10-20(23)24)11-12-19-18(2)9-8-14-21(19,3)4/h11-13,16H,5-10,14-15H2,1-4H3,(H,23,24)/b12-11+,17-13+,22-16?. The molecule has 1 aliphatic rings. The average molecular weight is 332 g/mol. The molecule has 1 N–H and O–H groups in total. The lowest BCUT2D eigenvalue weighted by Gasteiger charge is -2.32. The fourth-order valence-corrected chi connectivity index (χ4v) is 3.18. The van der Waals surface area contributed by atoms with Gasteiger partial charge in [-0.15, -0.1) is 0 Å². The molecule has 0 spiro atoms. The van der Waals surface area contributed by atoms with Crippen molar-refractivity contribution in [3.05, 3.63) is 34.9 Å². The Kier molecular flexibility index (Phi) is 8.73. The maximum atomic E-state index is 10.4. The first-order valence-electron chi connectivity index (χ1n) is 9.10. The Morgan fingerprint density at radius 2 is 2.04 bits per heavy atom. The third-order valence-electron chi connectivity index (χ3n) is 4.68. The zero-order valence-corrected chi connectivity index (χ0v) is 15.8. The molecule has 3 heteroatoms. The van der Waals surface area contributed by atoms with Crippen LogP contribution in [0.3, 0.4) is 0 Å². The monoisotopic (exact) mass is 331 g/mol. The summed E-state index contributed by atoms with van der Waals surface area (Å²) in [5.41, 5.74) is 4.48. The van der Waals surface area contributed by atoms with E-state index < -0.39 is 5.97 Å². The second kappa shape index (κ2) is 10.3. The Morgan fingerprint density at radius 3 is 2.71 bits per heavy atom. The number of aliphatic carboxylic acids is 1. The van der Waals surface area contributed by atoms with E-state index in [0.717, 1.165) is 25.8 Å². The highest BCUT2D eigenvalue weighted by Crippen LogP contribution is 2.40. The normalized spacial score (nSPS) is 18.8. The molecule has 0 atom stereocenters. The SMILES string of the molecule is CC1=C(/C=C/C(C)=C/C=NCCCCCC(=O)O)C(C)(C)CCC1. The van der Waals surface area contributed by atoms with Crippen molar-refractivity contribution in [1.82, 2.24) is 0 Å². The maximum Gasteiger partial charge on any atom is 0.303 e. The van der Waals surface area contributed by atoms with Crippen molar-refractivity contribution in [2.24, 2.45) is 10.4 Å². The number of carboxylic acid groups (broad SMARTS) is 1. The van der Waals surface area contributed by atoms with E-state index in [1.54, 1.807) is 0 Å². The van der Waals surface area contributed by atoms with Crippen LogP contribution in [0, 0.1) is 5.41 Å². The summed E-state index contributed by atoms with van der Waals surface area (Å²) in [5.74, 6) is -0.713. The quantitative estimate of drug-likeness (QED) is 0.333. The first-order chi connectivity index (χ1) is 11.3. The molecule has 0 aromatic heterocycles. The van der Waals surface area contributed by atoms with Crippen LogP contribution in [0.4, 0.5) is 0 Å². The fourth-order valence-electron chi connectivity index (χ4n) is 3.18. The van der Waals surface area contributed by atoms with Gasteiger partial charge in [0.15, 0.2) is 0 Å². The Bertz CT molecular complexity index is 536. The zero-order valence-electron chi connectivity index (χ0n) is 15.8. The predicted octanol–water partition coefficient (Wildman–Crippen LogP) is 5.73. The average Bonchev–Trinajstić information content (AvgIpc) is 2.48. The summed E-state index contributed by atoms with van der Waals surface area (Å²) in [7, 11) is 0. The summed E-state index contributed by atoms with van der Waals surface area (Å²) in [6, 6.07) is 0. The van der Waals surface area contributed by atoms with E-state index in [-0.39, 0.29) is 11.8 Å². The molecule has 0 unspecified atom stereocenters.